The number of amides is 4. The first kappa shape index (κ1) is 22.5. The van der Waals surface area contributed by atoms with Gasteiger partial charge >= 0.3 is 0 Å². The lowest BCUT2D eigenvalue weighted by Crippen LogP contribution is -2.53. The van der Waals surface area contributed by atoms with Crippen LogP contribution >= 0.6 is 0 Å². The van der Waals surface area contributed by atoms with Crippen molar-refractivity contribution in [3.8, 4) is 11.5 Å². The number of nitrogens with zero attached hydrogens (tertiary/aromatic N) is 1. The Labute approximate surface area is 207 Å². The van der Waals surface area contributed by atoms with Gasteiger partial charge in [0.15, 0.2) is 11.5 Å². The Kier molecular flexibility index (Phi) is 4.88. The molecule has 2 saturated heterocycles. The number of anilines is 1. The van der Waals surface area contributed by atoms with Crippen molar-refractivity contribution in [1.82, 2.24) is 10.2 Å². The number of nitrogens with two attached hydrogens (primary N) is 1. The highest BCUT2D eigenvalue weighted by molar-refractivity contribution is 6.15. The quantitative estimate of drug-likeness (QED) is 0.536. The number of carbonyl (C=O) groups excluding carboxylic acids is 4. The molecular formula is C26H26N4O6. The standard InChI is InChI=1S/C26H26N4O6/c1-12-7-13(2)22-15(8-12)26(25(34)28-22)21-20(16(29-26)4-6-19(27)31)23(32)30(24(21)33)10-14-3-5-17-18(9-14)36-11-35-17/h3,5,7-9,16,20-21,29H,4,6,10-11H2,1-2H3,(H2,27,31)(H,28,34)/t16-,20+,21-,26-/m0/s1. The van der Waals surface area contributed by atoms with Crippen molar-refractivity contribution in [1.29, 1.82) is 0 Å². The Morgan fingerprint density at radius 1 is 1.11 bits per heavy atom. The number of aryl methyl sites for hydroxylation is 2. The summed E-state index contributed by atoms with van der Waals surface area (Å²) in [4.78, 5) is 54.1. The summed E-state index contributed by atoms with van der Waals surface area (Å²) in [7, 11) is 0. The van der Waals surface area contributed by atoms with Crippen LogP contribution in [0, 0.1) is 25.7 Å². The summed E-state index contributed by atoms with van der Waals surface area (Å²) in [6.45, 7) is 3.99. The summed E-state index contributed by atoms with van der Waals surface area (Å²) in [6, 6.07) is 8.56. The van der Waals surface area contributed by atoms with E-state index in [0.29, 0.717) is 28.3 Å². The van der Waals surface area contributed by atoms with Gasteiger partial charge in [0.1, 0.15) is 5.54 Å². The fraction of sp³-hybridized carbons (Fsp3) is 0.385. The lowest BCUT2D eigenvalue weighted by molar-refractivity contribution is -0.143. The van der Waals surface area contributed by atoms with Crippen molar-refractivity contribution in [3.05, 3.63) is 52.6 Å². The molecule has 36 heavy (non-hydrogen) atoms. The van der Waals surface area contributed by atoms with Crippen LogP contribution in [0.3, 0.4) is 0 Å². The zero-order valence-corrected chi connectivity index (χ0v) is 19.9. The van der Waals surface area contributed by atoms with Gasteiger partial charge in [-0.1, -0.05) is 23.8 Å². The predicted octanol–water partition coefficient (Wildman–Crippen LogP) is 1.22. The number of hydrogen-bond acceptors (Lipinski definition) is 7. The summed E-state index contributed by atoms with van der Waals surface area (Å²) in [5, 5.41) is 6.29. The summed E-state index contributed by atoms with van der Waals surface area (Å²) in [6.07, 6.45) is 0.268. The summed E-state index contributed by atoms with van der Waals surface area (Å²) in [5.41, 5.74) is 7.83. The van der Waals surface area contributed by atoms with Gasteiger partial charge in [-0.15, -0.1) is 0 Å². The third-order valence-corrected chi connectivity index (χ3v) is 7.74. The molecule has 4 aliphatic rings. The number of rotatable bonds is 5. The number of imide groups is 1. The molecule has 6 rings (SSSR count). The van der Waals surface area contributed by atoms with E-state index in [1.54, 1.807) is 18.2 Å². The van der Waals surface area contributed by atoms with E-state index in [9.17, 15) is 19.2 Å². The van der Waals surface area contributed by atoms with Crippen LogP contribution in [0.4, 0.5) is 5.69 Å². The van der Waals surface area contributed by atoms with E-state index in [1.165, 1.54) is 4.90 Å². The van der Waals surface area contributed by atoms with Gasteiger partial charge in [0, 0.05) is 23.7 Å². The summed E-state index contributed by atoms with van der Waals surface area (Å²) < 4.78 is 10.8. The summed E-state index contributed by atoms with van der Waals surface area (Å²) in [5.74, 6) is -2.25. The first-order chi connectivity index (χ1) is 17.2. The molecule has 4 atom stereocenters. The maximum absolute atomic E-state index is 13.9. The van der Waals surface area contributed by atoms with Gasteiger partial charge in [-0.05, 0) is 43.5 Å². The molecule has 2 aromatic rings. The average Bonchev–Trinajstić information content (AvgIpc) is 3.55. The minimum absolute atomic E-state index is 0.0297. The molecule has 0 bridgehead atoms. The Hall–Kier alpha value is -3.92. The number of nitrogens with one attached hydrogen (secondary N) is 2. The van der Waals surface area contributed by atoms with E-state index < -0.39 is 35.2 Å². The third kappa shape index (κ3) is 3.07. The number of fused-ring (bicyclic) bond motifs is 5. The van der Waals surface area contributed by atoms with Crippen LogP contribution in [-0.2, 0) is 31.3 Å². The van der Waals surface area contributed by atoms with Gasteiger partial charge < -0.3 is 20.5 Å². The normalized spacial score (nSPS) is 27.6. The van der Waals surface area contributed by atoms with Crippen LogP contribution in [0.15, 0.2) is 30.3 Å². The van der Waals surface area contributed by atoms with E-state index >= 15 is 0 Å². The highest BCUT2D eigenvalue weighted by Crippen LogP contribution is 2.54. The van der Waals surface area contributed by atoms with Gasteiger partial charge in [-0.25, -0.2) is 0 Å². The minimum Gasteiger partial charge on any atom is -0.454 e. The fourth-order valence-electron chi connectivity index (χ4n) is 6.24. The first-order valence-corrected chi connectivity index (χ1v) is 11.9. The zero-order valence-electron chi connectivity index (χ0n) is 19.9. The summed E-state index contributed by atoms with van der Waals surface area (Å²) >= 11 is 0. The minimum atomic E-state index is -1.41. The predicted molar refractivity (Wildman–Crippen MR) is 127 cm³/mol. The molecule has 4 amide bonds. The van der Waals surface area contributed by atoms with Crippen LogP contribution in [0.5, 0.6) is 11.5 Å². The van der Waals surface area contributed by atoms with Gasteiger partial charge in [0.25, 0.3) is 0 Å². The Balaban J connectivity index is 1.42. The van der Waals surface area contributed by atoms with Crippen LogP contribution in [0.1, 0.15) is 35.1 Å². The Morgan fingerprint density at radius 2 is 1.89 bits per heavy atom. The van der Waals surface area contributed by atoms with E-state index in [1.807, 2.05) is 26.0 Å². The maximum atomic E-state index is 13.9. The molecule has 4 N–H and O–H groups in total. The molecule has 4 heterocycles. The van der Waals surface area contributed by atoms with Crippen molar-refractivity contribution in [2.45, 2.75) is 44.8 Å². The second-order valence-electron chi connectivity index (χ2n) is 9.98. The SMILES string of the molecule is Cc1cc(C)c2c(c1)[C@@]1(N[C@@H](CCC(N)=O)[C@H]3C(=O)N(Cc4ccc5c(c4)OCO5)C(=O)[C@H]31)C(=O)N2. The van der Waals surface area contributed by atoms with Crippen LogP contribution in [-0.4, -0.2) is 41.4 Å². The van der Waals surface area contributed by atoms with Crippen molar-refractivity contribution in [2.24, 2.45) is 17.6 Å². The lowest BCUT2D eigenvalue weighted by atomic mass is 9.75. The average molecular weight is 491 g/mol. The van der Waals surface area contributed by atoms with Crippen LogP contribution < -0.4 is 25.8 Å². The fourth-order valence-corrected chi connectivity index (χ4v) is 6.24. The topological polar surface area (TPSA) is 140 Å². The van der Waals surface area contributed by atoms with Crippen molar-refractivity contribution in [2.75, 3.05) is 12.1 Å². The molecule has 2 fully saturated rings. The smallest absolute Gasteiger partial charge is 0.250 e. The molecular weight excluding hydrogens is 464 g/mol. The maximum Gasteiger partial charge on any atom is 0.250 e. The van der Waals surface area contributed by atoms with E-state index in [-0.39, 0.29) is 38.0 Å². The number of primary amides is 1. The lowest BCUT2D eigenvalue weighted by Gasteiger charge is -2.30. The number of benzene rings is 2. The van der Waals surface area contributed by atoms with Gasteiger partial charge in [0.2, 0.25) is 30.4 Å². The van der Waals surface area contributed by atoms with Crippen molar-refractivity contribution < 1.29 is 28.7 Å². The van der Waals surface area contributed by atoms with Gasteiger partial charge in [0.05, 0.1) is 18.4 Å². The molecule has 10 heteroatoms. The molecule has 1 spiro atoms. The molecule has 2 aromatic carbocycles. The monoisotopic (exact) mass is 490 g/mol. The van der Waals surface area contributed by atoms with Gasteiger partial charge in [-0.2, -0.15) is 0 Å². The molecule has 0 aliphatic carbocycles. The van der Waals surface area contributed by atoms with Crippen molar-refractivity contribution >= 4 is 29.3 Å². The zero-order chi connectivity index (χ0) is 25.4. The molecule has 0 aromatic heterocycles. The van der Waals surface area contributed by atoms with E-state index in [4.69, 9.17) is 15.2 Å². The molecule has 0 saturated carbocycles. The molecule has 0 unspecified atom stereocenters. The number of likely N-dealkylation sites (tertiary alicyclic amines) is 1. The van der Waals surface area contributed by atoms with Gasteiger partial charge in [-0.3, -0.25) is 29.4 Å². The largest absolute Gasteiger partial charge is 0.454 e. The number of ether oxygens (including phenoxy) is 2. The highest BCUT2D eigenvalue weighted by Gasteiger charge is 2.70. The highest BCUT2D eigenvalue weighted by atomic mass is 16.7. The third-order valence-electron chi connectivity index (χ3n) is 7.74. The number of carbonyl (C=O) groups is 4. The van der Waals surface area contributed by atoms with Crippen molar-refractivity contribution in [3.63, 3.8) is 0 Å². The molecule has 0 radical (unpaired) electrons. The second kappa shape index (κ2) is 7.79. The second-order valence-corrected chi connectivity index (χ2v) is 9.98. The number of hydrogen-bond donors (Lipinski definition) is 3. The van der Waals surface area contributed by atoms with E-state index in [2.05, 4.69) is 10.6 Å². The Morgan fingerprint density at radius 3 is 2.67 bits per heavy atom. The molecule has 4 aliphatic heterocycles. The Bertz CT molecular complexity index is 1360. The van der Waals surface area contributed by atoms with Crippen LogP contribution in [0.2, 0.25) is 0 Å². The van der Waals surface area contributed by atoms with E-state index in [0.717, 1.165) is 11.1 Å². The van der Waals surface area contributed by atoms with Crippen LogP contribution in [0.25, 0.3) is 0 Å². The first-order valence-electron chi connectivity index (χ1n) is 11.9. The molecule has 10 nitrogen and oxygen atoms in total. The molecule has 186 valence electrons.